The molecule has 0 amide bonds. The zero-order chi connectivity index (χ0) is 13.3. The Labute approximate surface area is 124 Å². The summed E-state index contributed by atoms with van der Waals surface area (Å²) in [6.07, 6.45) is 0. The number of aromatic hydroxyl groups is 1. The summed E-state index contributed by atoms with van der Waals surface area (Å²) in [5.74, 6) is 1.00. The fraction of sp³-hybridized carbons (Fsp3) is 0.231. The highest BCUT2D eigenvalue weighted by atomic mass is 127. The molecule has 0 bridgehead atoms. The van der Waals surface area contributed by atoms with Crippen LogP contribution in [0.4, 0.5) is 0 Å². The lowest BCUT2D eigenvalue weighted by Crippen LogP contribution is -2.02. The Morgan fingerprint density at radius 2 is 2.00 bits per heavy atom. The number of hydrogen-bond acceptors (Lipinski definition) is 3. The van der Waals surface area contributed by atoms with Gasteiger partial charge in [0.2, 0.25) is 0 Å². The van der Waals surface area contributed by atoms with Crippen molar-refractivity contribution in [3.63, 3.8) is 0 Å². The molecule has 0 spiro atoms. The Hall–Kier alpha value is -0.880. The maximum absolute atomic E-state index is 9.49. The van der Waals surface area contributed by atoms with Crippen molar-refractivity contribution in [2.45, 2.75) is 19.8 Å². The average Bonchev–Trinajstić information content (AvgIpc) is 2.32. The first-order valence-electron chi connectivity index (χ1n) is 5.51. The van der Waals surface area contributed by atoms with Gasteiger partial charge in [0, 0.05) is 5.56 Å². The summed E-state index contributed by atoms with van der Waals surface area (Å²) < 4.78 is 0.883. The second-order valence-corrected chi connectivity index (χ2v) is 5.68. The maximum atomic E-state index is 9.49. The molecule has 0 radical (unpaired) electrons. The van der Waals surface area contributed by atoms with Crippen LogP contribution in [0, 0.1) is 3.57 Å². The Balaban J connectivity index is 2.59. The van der Waals surface area contributed by atoms with Crippen molar-refractivity contribution < 1.29 is 5.11 Å². The van der Waals surface area contributed by atoms with Crippen molar-refractivity contribution in [2.75, 3.05) is 0 Å². The van der Waals surface area contributed by atoms with Crippen LogP contribution in [0.2, 0.25) is 5.15 Å². The first kappa shape index (κ1) is 13.5. The molecule has 0 aliphatic carbocycles. The van der Waals surface area contributed by atoms with Crippen LogP contribution in [-0.2, 0) is 0 Å². The van der Waals surface area contributed by atoms with E-state index in [1.54, 1.807) is 18.2 Å². The molecule has 94 valence electrons. The average molecular weight is 375 g/mol. The van der Waals surface area contributed by atoms with Gasteiger partial charge in [-0.15, -0.1) is 0 Å². The second kappa shape index (κ2) is 5.40. The molecule has 2 rings (SSSR count). The molecule has 1 aromatic heterocycles. The van der Waals surface area contributed by atoms with Crippen molar-refractivity contribution in [3.05, 3.63) is 38.7 Å². The molecule has 1 N–H and O–H groups in total. The number of phenols is 1. The van der Waals surface area contributed by atoms with Gasteiger partial charge in [-0.3, -0.25) is 0 Å². The van der Waals surface area contributed by atoms with E-state index in [-0.39, 0.29) is 11.7 Å². The molecule has 0 aliphatic heterocycles. The van der Waals surface area contributed by atoms with Crippen molar-refractivity contribution in [1.82, 2.24) is 9.97 Å². The zero-order valence-electron chi connectivity index (χ0n) is 9.98. The molecule has 0 fully saturated rings. The number of rotatable bonds is 2. The predicted octanol–water partition coefficient (Wildman–Crippen LogP) is 4.23. The van der Waals surface area contributed by atoms with E-state index in [0.29, 0.717) is 11.0 Å². The fourth-order valence-electron chi connectivity index (χ4n) is 1.59. The number of benzene rings is 1. The minimum absolute atomic E-state index is 0.192. The van der Waals surface area contributed by atoms with Crippen molar-refractivity contribution in [3.8, 4) is 17.1 Å². The highest BCUT2D eigenvalue weighted by Gasteiger charge is 2.14. The van der Waals surface area contributed by atoms with E-state index in [0.717, 1.165) is 14.8 Å². The zero-order valence-corrected chi connectivity index (χ0v) is 12.9. The highest BCUT2D eigenvalue weighted by molar-refractivity contribution is 14.1. The Morgan fingerprint density at radius 3 is 2.61 bits per heavy atom. The van der Waals surface area contributed by atoms with Gasteiger partial charge in [0.15, 0.2) is 5.82 Å². The van der Waals surface area contributed by atoms with E-state index in [4.69, 9.17) is 11.6 Å². The van der Waals surface area contributed by atoms with E-state index in [2.05, 4.69) is 46.4 Å². The minimum atomic E-state index is 0.192. The number of phenolic OH excluding ortho intramolecular Hbond substituents is 1. The van der Waals surface area contributed by atoms with E-state index in [1.165, 1.54) is 0 Å². The van der Waals surface area contributed by atoms with E-state index in [1.807, 2.05) is 6.07 Å². The lowest BCUT2D eigenvalue weighted by molar-refractivity contribution is 0.475. The first-order chi connectivity index (χ1) is 8.49. The molecule has 5 heteroatoms. The molecule has 0 aliphatic rings. The van der Waals surface area contributed by atoms with E-state index >= 15 is 0 Å². The summed E-state index contributed by atoms with van der Waals surface area (Å²) in [4.78, 5) is 8.79. The van der Waals surface area contributed by atoms with Gasteiger partial charge >= 0.3 is 0 Å². The standard InChI is InChI=1S/C13H12ClIN2O/c1-7(2)11-10(15)12(14)17-13(16-11)8-4-3-5-9(18)6-8/h3-7,18H,1-2H3. The van der Waals surface area contributed by atoms with Gasteiger partial charge in [0.05, 0.1) is 9.26 Å². The van der Waals surface area contributed by atoms with Crippen LogP contribution in [0.25, 0.3) is 11.4 Å². The van der Waals surface area contributed by atoms with Crippen LogP contribution >= 0.6 is 34.2 Å². The summed E-state index contributed by atoms with van der Waals surface area (Å²) in [5.41, 5.74) is 1.68. The normalized spacial score (nSPS) is 10.9. The lowest BCUT2D eigenvalue weighted by atomic mass is 10.1. The molecule has 1 aromatic carbocycles. The largest absolute Gasteiger partial charge is 0.508 e. The third-order valence-electron chi connectivity index (χ3n) is 2.49. The van der Waals surface area contributed by atoms with Gasteiger partial charge in [-0.25, -0.2) is 9.97 Å². The van der Waals surface area contributed by atoms with Gasteiger partial charge in [0.25, 0.3) is 0 Å². The molecule has 0 saturated heterocycles. The van der Waals surface area contributed by atoms with Gasteiger partial charge in [-0.2, -0.15) is 0 Å². The topological polar surface area (TPSA) is 46.0 Å². The quantitative estimate of drug-likeness (QED) is 0.632. The van der Waals surface area contributed by atoms with Gasteiger partial charge in [0.1, 0.15) is 10.9 Å². The summed E-state index contributed by atoms with van der Waals surface area (Å²) >= 11 is 8.29. The molecule has 0 unspecified atom stereocenters. The highest BCUT2D eigenvalue weighted by Crippen LogP contribution is 2.28. The van der Waals surface area contributed by atoms with E-state index in [9.17, 15) is 5.11 Å². The fourth-order valence-corrected chi connectivity index (χ4v) is 2.63. The molecule has 0 atom stereocenters. The molecule has 2 aromatic rings. The van der Waals surface area contributed by atoms with E-state index < -0.39 is 0 Å². The van der Waals surface area contributed by atoms with Crippen LogP contribution in [0.1, 0.15) is 25.5 Å². The van der Waals surface area contributed by atoms with Crippen LogP contribution in [0.15, 0.2) is 24.3 Å². The van der Waals surface area contributed by atoms with Crippen LogP contribution in [0.3, 0.4) is 0 Å². The SMILES string of the molecule is CC(C)c1nc(-c2cccc(O)c2)nc(Cl)c1I. The minimum Gasteiger partial charge on any atom is -0.508 e. The molecule has 18 heavy (non-hydrogen) atoms. The number of halogens is 2. The van der Waals surface area contributed by atoms with Crippen molar-refractivity contribution in [2.24, 2.45) is 0 Å². The molecule has 1 heterocycles. The molecular formula is C13H12ClIN2O. The summed E-state index contributed by atoms with van der Waals surface area (Å²) in [6.45, 7) is 4.13. The van der Waals surface area contributed by atoms with Gasteiger partial charge in [-0.05, 0) is 40.6 Å². The Morgan fingerprint density at radius 1 is 1.28 bits per heavy atom. The first-order valence-corrected chi connectivity index (χ1v) is 6.97. The van der Waals surface area contributed by atoms with Crippen LogP contribution in [-0.4, -0.2) is 15.1 Å². The number of aromatic nitrogens is 2. The number of nitrogens with zero attached hydrogens (tertiary/aromatic N) is 2. The number of hydrogen-bond donors (Lipinski definition) is 1. The molecule has 0 saturated carbocycles. The van der Waals surface area contributed by atoms with Crippen LogP contribution in [0.5, 0.6) is 5.75 Å². The lowest BCUT2D eigenvalue weighted by Gasteiger charge is -2.11. The Bertz CT molecular complexity index is 587. The summed E-state index contributed by atoms with van der Waals surface area (Å²) in [6, 6.07) is 6.85. The summed E-state index contributed by atoms with van der Waals surface area (Å²) in [7, 11) is 0. The van der Waals surface area contributed by atoms with Crippen molar-refractivity contribution in [1.29, 1.82) is 0 Å². The monoisotopic (exact) mass is 374 g/mol. The third-order valence-corrected chi connectivity index (χ3v) is 4.14. The maximum Gasteiger partial charge on any atom is 0.161 e. The second-order valence-electron chi connectivity index (χ2n) is 4.24. The summed E-state index contributed by atoms with van der Waals surface area (Å²) in [5, 5.41) is 9.94. The Kier molecular flexibility index (Phi) is 4.07. The van der Waals surface area contributed by atoms with Gasteiger partial charge in [-0.1, -0.05) is 37.6 Å². The molecular weight excluding hydrogens is 363 g/mol. The van der Waals surface area contributed by atoms with Crippen LogP contribution < -0.4 is 0 Å². The predicted molar refractivity (Wildman–Crippen MR) is 80.9 cm³/mol. The van der Waals surface area contributed by atoms with Crippen molar-refractivity contribution >= 4 is 34.2 Å². The molecule has 3 nitrogen and oxygen atoms in total. The smallest absolute Gasteiger partial charge is 0.161 e. The van der Waals surface area contributed by atoms with Gasteiger partial charge < -0.3 is 5.11 Å². The third kappa shape index (κ3) is 2.75.